The molecule has 2 N–H and O–H groups in total. The van der Waals surface area contributed by atoms with Gasteiger partial charge < -0.3 is 20.1 Å². The van der Waals surface area contributed by atoms with Gasteiger partial charge in [0.25, 0.3) is 0 Å². The molecular formula is C22H31N3O4. The minimum Gasteiger partial charge on any atom is -0.497 e. The van der Waals surface area contributed by atoms with Crippen LogP contribution in [0.1, 0.15) is 44.2 Å². The molecular weight excluding hydrogens is 370 g/mol. The van der Waals surface area contributed by atoms with Crippen molar-refractivity contribution in [2.45, 2.75) is 45.6 Å². The molecule has 0 unspecified atom stereocenters. The zero-order valence-corrected chi connectivity index (χ0v) is 17.5. The third-order valence-corrected chi connectivity index (χ3v) is 5.79. The maximum Gasteiger partial charge on any atom is 0.317 e. The lowest BCUT2D eigenvalue weighted by atomic mass is 9.78. The lowest BCUT2D eigenvalue weighted by Crippen LogP contribution is -2.50. The van der Waals surface area contributed by atoms with E-state index in [2.05, 4.69) is 11.4 Å². The predicted octanol–water partition coefficient (Wildman–Crippen LogP) is 2.96. The summed E-state index contributed by atoms with van der Waals surface area (Å²) in [4.78, 5) is 30.5. The number of benzene rings is 1. The number of rotatable bonds is 6. The maximum absolute atomic E-state index is 12.5. The van der Waals surface area contributed by atoms with Crippen LogP contribution in [-0.4, -0.2) is 60.5 Å². The van der Waals surface area contributed by atoms with Crippen LogP contribution in [0.15, 0.2) is 23.2 Å². The number of carboxylic acid groups (broad SMARTS) is 1. The number of ether oxygens (including phenoxy) is 1. The summed E-state index contributed by atoms with van der Waals surface area (Å²) < 4.78 is 5.34. The van der Waals surface area contributed by atoms with Crippen LogP contribution in [0.2, 0.25) is 0 Å². The van der Waals surface area contributed by atoms with E-state index in [0.29, 0.717) is 25.9 Å². The van der Waals surface area contributed by atoms with Gasteiger partial charge in [0, 0.05) is 37.8 Å². The van der Waals surface area contributed by atoms with Crippen LogP contribution in [0, 0.1) is 11.8 Å². The Labute approximate surface area is 172 Å². The topological polar surface area (TPSA) is 91.2 Å². The molecule has 2 amide bonds. The molecule has 0 aromatic heterocycles. The Balaban J connectivity index is 1.78. The summed E-state index contributed by atoms with van der Waals surface area (Å²) in [6.07, 6.45) is 2.39. The van der Waals surface area contributed by atoms with Crippen LogP contribution >= 0.6 is 0 Å². The Bertz CT molecular complexity index is 790. The number of aliphatic carboxylic acids is 1. The number of methoxy groups -OCH3 is 1. The summed E-state index contributed by atoms with van der Waals surface area (Å²) in [5, 5.41) is 12.3. The fraction of sp³-hybridized carbons (Fsp3) is 0.591. The number of likely N-dealkylation sites (tertiary alicyclic amines) is 1. The summed E-state index contributed by atoms with van der Waals surface area (Å²) in [6, 6.07) is 6.04. The normalized spacial score (nSPS) is 21.4. The van der Waals surface area contributed by atoms with Crippen molar-refractivity contribution in [3.05, 3.63) is 29.3 Å². The summed E-state index contributed by atoms with van der Waals surface area (Å²) in [5.41, 5.74) is 3.35. The molecule has 2 heterocycles. The molecule has 7 nitrogen and oxygen atoms in total. The molecule has 7 heteroatoms. The fourth-order valence-electron chi connectivity index (χ4n) is 4.33. The molecule has 0 spiro atoms. The van der Waals surface area contributed by atoms with Crippen molar-refractivity contribution in [3.8, 4) is 5.75 Å². The van der Waals surface area contributed by atoms with E-state index in [1.807, 2.05) is 30.9 Å². The monoisotopic (exact) mass is 401 g/mol. The van der Waals surface area contributed by atoms with Crippen molar-refractivity contribution in [3.63, 3.8) is 0 Å². The number of carbonyl (C=O) groups is 2. The van der Waals surface area contributed by atoms with Gasteiger partial charge in [0.1, 0.15) is 5.75 Å². The highest BCUT2D eigenvalue weighted by atomic mass is 16.5. The van der Waals surface area contributed by atoms with Gasteiger partial charge in [-0.25, -0.2) is 4.79 Å². The number of hydrogen-bond donors (Lipinski definition) is 2. The zero-order chi connectivity index (χ0) is 21.0. The SMILES string of the molecule is COc1ccc2c(c1)CCN=C2C[C@H]1CN(C(=O)NC(C)C)CC[C@H]1CC(=O)O. The first-order valence-corrected chi connectivity index (χ1v) is 10.3. The van der Waals surface area contributed by atoms with Crippen LogP contribution in [0.25, 0.3) is 0 Å². The standard InChI is InChI=1S/C22H31N3O4/c1-14(2)24-22(28)25-9-7-15(12-21(26)27)17(13-25)11-20-19-5-4-18(29-3)10-16(19)6-8-23-20/h4-5,10,14-15,17H,6-9,11-13H2,1-3H3,(H,24,28)(H,26,27)/t15-,17-/m0/s1. The number of aliphatic imine (C=N–C) groups is 1. The van der Waals surface area contributed by atoms with Gasteiger partial charge in [-0.3, -0.25) is 9.79 Å². The van der Waals surface area contributed by atoms with Crippen molar-refractivity contribution in [1.29, 1.82) is 0 Å². The Morgan fingerprint density at radius 1 is 1.34 bits per heavy atom. The molecule has 2 aliphatic heterocycles. The number of piperidine rings is 1. The van der Waals surface area contributed by atoms with E-state index in [9.17, 15) is 14.7 Å². The highest BCUT2D eigenvalue weighted by Gasteiger charge is 2.34. The molecule has 1 aromatic rings. The lowest BCUT2D eigenvalue weighted by molar-refractivity contribution is -0.138. The van der Waals surface area contributed by atoms with Crippen LogP contribution in [0.3, 0.4) is 0 Å². The van der Waals surface area contributed by atoms with Gasteiger partial charge in [0.15, 0.2) is 0 Å². The second-order valence-electron chi connectivity index (χ2n) is 8.26. The zero-order valence-electron chi connectivity index (χ0n) is 17.5. The number of carboxylic acids is 1. The average Bonchev–Trinajstić information content (AvgIpc) is 2.68. The van der Waals surface area contributed by atoms with Crippen LogP contribution in [0.4, 0.5) is 4.79 Å². The first-order chi connectivity index (χ1) is 13.9. The number of nitrogens with zero attached hydrogens (tertiary/aromatic N) is 2. The molecule has 3 rings (SSSR count). The number of urea groups is 1. The third-order valence-electron chi connectivity index (χ3n) is 5.79. The maximum atomic E-state index is 12.5. The first-order valence-electron chi connectivity index (χ1n) is 10.3. The second-order valence-corrected chi connectivity index (χ2v) is 8.26. The third kappa shape index (κ3) is 5.28. The van der Waals surface area contributed by atoms with Gasteiger partial charge in [-0.2, -0.15) is 0 Å². The molecule has 1 aromatic carbocycles. The van der Waals surface area contributed by atoms with Gasteiger partial charge in [-0.05, 0) is 74.3 Å². The van der Waals surface area contributed by atoms with Crippen molar-refractivity contribution in [1.82, 2.24) is 10.2 Å². The van der Waals surface area contributed by atoms with Gasteiger partial charge in [-0.1, -0.05) is 0 Å². The van der Waals surface area contributed by atoms with E-state index < -0.39 is 5.97 Å². The van der Waals surface area contributed by atoms with Gasteiger partial charge in [0.2, 0.25) is 0 Å². The number of nitrogens with one attached hydrogen (secondary N) is 1. The van der Waals surface area contributed by atoms with E-state index in [0.717, 1.165) is 30.0 Å². The summed E-state index contributed by atoms with van der Waals surface area (Å²) in [5.74, 6) is 0.172. The molecule has 29 heavy (non-hydrogen) atoms. The predicted molar refractivity (Wildman–Crippen MR) is 112 cm³/mol. The molecule has 158 valence electrons. The van der Waals surface area contributed by atoms with Gasteiger partial charge in [0.05, 0.1) is 7.11 Å². The minimum absolute atomic E-state index is 0.0434. The molecule has 0 radical (unpaired) electrons. The molecule has 2 aliphatic rings. The van der Waals surface area contributed by atoms with Crippen LogP contribution in [-0.2, 0) is 11.2 Å². The Morgan fingerprint density at radius 2 is 2.14 bits per heavy atom. The van der Waals surface area contributed by atoms with E-state index >= 15 is 0 Å². The molecule has 2 atom stereocenters. The van der Waals surface area contributed by atoms with Gasteiger partial charge in [-0.15, -0.1) is 0 Å². The highest BCUT2D eigenvalue weighted by Crippen LogP contribution is 2.32. The minimum atomic E-state index is -0.782. The quantitative estimate of drug-likeness (QED) is 0.767. The molecule has 0 bridgehead atoms. The lowest BCUT2D eigenvalue weighted by Gasteiger charge is -2.39. The number of amides is 2. The number of fused-ring (bicyclic) bond motifs is 1. The first kappa shape index (κ1) is 21.1. The summed E-state index contributed by atoms with van der Waals surface area (Å²) in [6.45, 7) is 5.75. The highest BCUT2D eigenvalue weighted by molar-refractivity contribution is 6.03. The van der Waals surface area contributed by atoms with Crippen LogP contribution < -0.4 is 10.1 Å². The number of carbonyl (C=O) groups excluding carboxylic acids is 1. The summed E-state index contributed by atoms with van der Waals surface area (Å²) in [7, 11) is 1.66. The van der Waals surface area contributed by atoms with Crippen LogP contribution in [0.5, 0.6) is 5.75 Å². The van der Waals surface area contributed by atoms with Crippen molar-refractivity contribution in [2.75, 3.05) is 26.7 Å². The Kier molecular flexibility index (Phi) is 6.77. The molecule has 1 saturated heterocycles. The van der Waals surface area contributed by atoms with E-state index in [1.54, 1.807) is 7.11 Å². The average molecular weight is 402 g/mol. The number of hydrogen-bond acceptors (Lipinski definition) is 4. The Hall–Kier alpha value is -2.57. The Morgan fingerprint density at radius 3 is 2.83 bits per heavy atom. The van der Waals surface area contributed by atoms with E-state index in [4.69, 9.17) is 9.73 Å². The summed E-state index contributed by atoms with van der Waals surface area (Å²) >= 11 is 0. The van der Waals surface area contributed by atoms with Crippen molar-refractivity contribution in [2.24, 2.45) is 16.8 Å². The van der Waals surface area contributed by atoms with Gasteiger partial charge >= 0.3 is 12.0 Å². The molecule has 1 fully saturated rings. The smallest absolute Gasteiger partial charge is 0.317 e. The van der Waals surface area contributed by atoms with E-state index in [1.165, 1.54) is 5.56 Å². The molecule has 0 saturated carbocycles. The van der Waals surface area contributed by atoms with E-state index in [-0.39, 0.29) is 30.3 Å². The largest absolute Gasteiger partial charge is 0.497 e. The molecule has 0 aliphatic carbocycles. The van der Waals surface area contributed by atoms with Crippen molar-refractivity contribution < 1.29 is 19.4 Å². The second kappa shape index (κ2) is 9.29. The fourth-order valence-corrected chi connectivity index (χ4v) is 4.33. The van der Waals surface area contributed by atoms with Crippen molar-refractivity contribution >= 4 is 17.7 Å².